The third-order valence-electron chi connectivity index (χ3n) is 5.94. The lowest BCUT2D eigenvalue weighted by Gasteiger charge is -2.34. The zero-order valence-electron chi connectivity index (χ0n) is 17.6. The van der Waals surface area contributed by atoms with Crippen molar-refractivity contribution in [2.45, 2.75) is 31.2 Å². The molecule has 2 aliphatic heterocycles. The fourth-order valence-corrected chi connectivity index (χ4v) is 4.42. The molecular weight excluding hydrogens is 439 g/mol. The molecule has 0 bridgehead atoms. The lowest BCUT2D eigenvalue weighted by Crippen LogP contribution is -2.54. The summed E-state index contributed by atoms with van der Waals surface area (Å²) in [7, 11) is 1.46. The minimum absolute atomic E-state index is 0.00559. The summed E-state index contributed by atoms with van der Waals surface area (Å²) in [6.07, 6.45) is -5.55. The van der Waals surface area contributed by atoms with E-state index in [1.54, 1.807) is 49.4 Å². The number of ether oxygens (including phenoxy) is 1. The number of carbonyl (C=O) groups excluding carboxylic acids is 1. The number of carbonyl (C=O) groups is 1. The first-order valence-electron chi connectivity index (χ1n) is 10.1. The minimum Gasteiger partial charge on any atom is -0.494 e. The number of aromatic nitrogens is 1. The molecule has 2 aromatic carbocycles. The van der Waals surface area contributed by atoms with Crippen LogP contribution in [-0.2, 0) is 4.79 Å². The Morgan fingerprint density at radius 2 is 1.91 bits per heavy atom. The number of fused-ring (bicyclic) bond motifs is 2. The van der Waals surface area contributed by atoms with Crippen LogP contribution in [0.5, 0.6) is 5.75 Å². The quantitative estimate of drug-likeness (QED) is 0.517. The highest BCUT2D eigenvalue weighted by Gasteiger charge is 2.58. The van der Waals surface area contributed by atoms with Crippen LogP contribution in [0.2, 0.25) is 0 Å². The maximum absolute atomic E-state index is 13.9. The molecule has 172 valence electrons. The number of hydrogen-bond acceptors (Lipinski definition) is 7. The van der Waals surface area contributed by atoms with Crippen LogP contribution in [0.15, 0.2) is 52.6 Å². The fraction of sp³-hybridized carbons (Fsp3) is 0.273. The van der Waals surface area contributed by atoms with Gasteiger partial charge in [0.15, 0.2) is 11.1 Å². The van der Waals surface area contributed by atoms with Gasteiger partial charge in [0.1, 0.15) is 23.5 Å². The number of oxazole rings is 1. The number of nitrogens with one attached hydrogen (secondary N) is 2. The summed E-state index contributed by atoms with van der Waals surface area (Å²) >= 11 is 0. The predicted octanol–water partition coefficient (Wildman–Crippen LogP) is 3.14. The molecule has 3 aromatic rings. The first kappa shape index (κ1) is 21.1. The van der Waals surface area contributed by atoms with Crippen molar-refractivity contribution in [2.75, 3.05) is 12.8 Å². The van der Waals surface area contributed by atoms with E-state index >= 15 is 0 Å². The Bertz CT molecular complexity index is 1270. The van der Waals surface area contributed by atoms with Crippen LogP contribution < -0.4 is 21.2 Å². The second-order valence-corrected chi connectivity index (χ2v) is 7.90. The average Bonchev–Trinajstić information content (AvgIpc) is 3.38. The second kappa shape index (κ2) is 7.41. The molecule has 1 aromatic heterocycles. The highest BCUT2D eigenvalue weighted by molar-refractivity contribution is 6.20. The topological polar surface area (TPSA) is 106 Å². The number of allylic oxidation sites excluding steroid dienone is 1. The number of nitrogens with two attached hydrogens (primary N) is 1. The SMILES string of the molecule is COc1ccc(N)c2oc(C3=C(C)NC4C(c5ccccc5)C(C(F)(F)F)NN4C3=O)nc12. The van der Waals surface area contributed by atoms with Gasteiger partial charge in [0.25, 0.3) is 5.91 Å². The highest BCUT2D eigenvalue weighted by Crippen LogP contribution is 2.43. The second-order valence-electron chi connectivity index (χ2n) is 7.90. The van der Waals surface area contributed by atoms with Crippen molar-refractivity contribution in [3.63, 3.8) is 0 Å². The molecular formula is C22H20F3N5O3. The molecule has 3 heterocycles. The molecule has 3 atom stereocenters. The molecule has 2 aliphatic rings. The van der Waals surface area contributed by atoms with E-state index in [9.17, 15) is 18.0 Å². The zero-order chi connectivity index (χ0) is 23.5. The number of benzene rings is 2. The van der Waals surface area contributed by atoms with Gasteiger partial charge in [-0.1, -0.05) is 30.3 Å². The molecule has 3 unspecified atom stereocenters. The maximum atomic E-state index is 13.9. The van der Waals surface area contributed by atoms with E-state index in [-0.39, 0.29) is 22.7 Å². The third kappa shape index (κ3) is 3.27. The predicted molar refractivity (Wildman–Crippen MR) is 113 cm³/mol. The number of halogens is 3. The number of hydrazine groups is 1. The zero-order valence-corrected chi connectivity index (χ0v) is 17.6. The standard InChI is InChI=1S/C22H20F3N5O3/c1-10-14(20-28-16-13(32-2)9-8-12(26)17(16)33-20)21(31)30-19(27-10)15(11-6-4-3-5-7-11)18(29-30)22(23,24)25/h3-9,15,18-19,27,29H,26H2,1-2H3. The van der Waals surface area contributed by atoms with Crippen molar-refractivity contribution in [3.05, 3.63) is 59.6 Å². The van der Waals surface area contributed by atoms with Gasteiger partial charge in [-0.15, -0.1) is 0 Å². The van der Waals surface area contributed by atoms with Gasteiger partial charge in [-0.05, 0) is 24.6 Å². The number of hydrogen-bond donors (Lipinski definition) is 3. The Morgan fingerprint density at radius 1 is 1.18 bits per heavy atom. The first-order valence-corrected chi connectivity index (χ1v) is 10.1. The molecule has 5 rings (SSSR count). The molecule has 1 fully saturated rings. The molecule has 4 N–H and O–H groups in total. The average molecular weight is 459 g/mol. The molecule has 0 aliphatic carbocycles. The van der Waals surface area contributed by atoms with Crippen LogP contribution in [0.4, 0.5) is 18.9 Å². The van der Waals surface area contributed by atoms with Crippen molar-refractivity contribution in [2.24, 2.45) is 0 Å². The number of alkyl halides is 3. The van der Waals surface area contributed by atoms with Gasteiger partial charge < -0.3 is 20.2 Å². The maximum Gasteiger partial charge on any atom is 0.406 e. The number of amides is 1. The Morgan fingerprint density at radius 3 is 2.58 bits per heavy atom. The smallest absolute Gasteiger partial charge is 0.406 e. The van der Waals surface area contributed by atoms with Gasteiger partial charge in [-0.3, -0.25) is 4.79 Å². The van der Waals surface area contributed by atoms with Crippen molar-refractivity contribution in [3.8, 4) is 5.75 Å². The number of anilines is 1. The number of nitrogen functional groups attached to an aromatic ring is 1. The number of rotatable bonds is 3. The molecule has 11 heteroatoms. The fourth-order valence-electron chi connectivity index (χ4n) is 4.42. The van der Waals surface area contributed by atoms with E-state index in [2.05, 4.69) is 15.7 Å². The van der Waals surface area contributed by atoms with Crippen LogP contribution in [-0.4, -0.2) is 41.4 Å². The number of nitrogens with zero attached hydrogens (tertiary/aromatic N) is 2. The molecule has 33 heavy (non-hydrogen) atoms. The monoisotopic (exact) mass is 459 g/mol. The summed E-state index contributed by atoms with van der Waals surface area (Å²) in [6, 6.07) is 9.52. The van der Waals surface area contributed by atoms with Gasteiger partial charge in [-0.2, -0.15) is 13.2 Å². The van der Waals surface area contributed by atoms with E-state index in [1.165, 1.54) is 7.11 Å². The summed E-state index contributed by atoms with van der Waals surface area (Å²) in [5.74, 6) is -1.43. The van der Waals surface area contributed by atoms with Crippen molar-refractivity contribution < 1.29 is 27.1 Å². The van der Waals surface area contributed by atoms with Gasteiger partial charge >= 0.3 is 6.18 Å². The Balaban J connectivity index is 1.60. The van der Waals surface area contributed by atoms with E-state index in [4.69, 9.17) is 14.9 Å². The van der Waals surface area contributed by atoms with E-state index < -0.39 is 30.2 Å². The van der Waals surface area contributed by atoms with Crippen molar-refractivity contribution in [1.29, 1.82) is 0 Å². The van der Waals surface area contributed by atoms with Crippen molar-refractivity contribution >= 4 is 28.3 Å². The summed E-state index contributed by atoms with van der Waals surface area (Å²) in [5, 5.41) is 4.02. The van der Waals surface area contributed by atoms with E-state index in [0.717, 1.165) is 5.01 Å². The van der Waals surface area contributed by atoms with Gasteiger partial charge in [0, 0.05) is 5.70 Å². The Labute approximate surface area is 186 Å². The Hall–Kier alpha value is -3.73. The highest BCUT2D eigenvalue weighted by atomic mass is 19.4. The third-order valence-corrected chi connectivity index (χ3v) is 5.94. The van der Waals surface area contributed by atoms with Crippen LogP contribution in [0.25, 0.3) is 16.7 Å². The van der Waals surface area contributed by atoms with E-state index in [0.29, 0.717) is 22.5 Å². The first-order chi connectivity index (χ1) is 15.7. The van der Waals surface area contributed by atoms with Crippen LogP contribution in [0.1, 0.15) is 24.3 Å². The van der Waals surface area contributed by atoms with Gasteiger partial charge in [0.2, 0.25) is 5.89 Å². The summed E-state index contributed by atoms with van der Waals surface area (Å²) in [6.45, 7) is 1.60. The lowest BCUT2D eigenvalue weighted by molar-refractivity contribution is -0.161. The molecule has 0 radical (unpaired) electrons. The molecule has 1 saturated heterocycles. The van der Waals surface area contributed by atoms with Crippen LogP contribution in [0, 0.1) is 0 Å². The lowest BCUT2D eigenvalue weighted by atomic mass is 9.89. The molecule has 0 spiro atoms. The van der Waals surface area contributed by atoms with E-state index in [1.807, 2.05) is 0 Å². The molecule has 1 amide bonds. The molecule has 8 nitrogen and oxygen atoms in total. The van der Waals surface area contributed by atoms with Crippen LogP contribution in [0.3, 0.4) is 0 Å². The summed E-state index contributed by atoms with van der Waals surface area (Å²) < 4.78 is 52.9. The van der Waals surface area contributed by atoms with Crippen LogP contribution >= 0.6 is 0 Å². The summed E-state index contributed by atoms with van der Waals surface area (Å²) in [4.78, 5) is 17.8. The molecule has 0 saturated carbocycles. The number of methoxy groups -OCH3 is 1. The normalized spacial score (nSPS) is 23.1. The Kier molecular flexibility index (Phi) is 4.74. The summed E-state index contributed by atoms with van der Waals surface area (Å²) in [5.41, 5.74) is 9.97. The largest absolute Gasteiger partial charge is 0.494 e. The van der Waals surface area contributed by atoms with Crippen molar-refractivity contribution in [1.82, 2.24) is 20.7 Å². The minimum atomic E-state index is -4.59. The van der Waals surface area contributed by atoms with Gasteiger partial charge in [-0.25, -0.2) is 15.4 Å². The van der Waals surface area contributed by atoms with Gasteiger partial charge in [0.05, 0.1) is 18.7 Å².